The molecule has 0 spiro atoms. The molecule has 2 nitrogen and oxygen atoms in total. The van der Waals surface area contributed by atoms with Gasteiger partial charge in [-0.1, -0.05) is 6.07 Å². The van der Waals surface area contributed by atoms with Gasteiger partial charge in [-0.2, -0.15) is 0 Å². The Kier molecular flexibility index (Phi) is 3.23. The van der Waals surface area contributed by atoms with Crippen molar-refractivity contribution in [3.8, 4) is 0 Å². The fraction of sp³-hybridized carbons (Fsp3) is 0.500. The Labute approximate surface area is 73.3 Å². The Morgan fingerprint density at radius 3 is 2.83 bits per heavy atom. The summed E-state index contributed by atoms with van der Waals surface area (Å²) in [4.78, 5) is 4.08. The van der Waals surface area contributed by atoms with Crippen molar-refractivity contribution in [1.29, 1.82) is 0 Å². The first kappa shape index (κ1) is 9.20. The first-order valence-electron chi connectivity index (χ1n) is 4.27. The van der Waals surface area contributed by atoms with Gasteiger partial charge in [0.15, 0.2) is 0 Å². The van der Waals surface area contributed by atoms with Crippen LogP contribution in [0.2, 0.25) is 0 Å². The van der Waals surface area contributed by atoms with Crippen LogP contribution in [0.1, 0.15) is 24.5 Å². The molecule has 0 bridgehead atoms. The van der Waals surface area contributed by atoms with Crippen LogP contribution in [-0.4, -0.2) is 16.2 Å². The number of nitrogens with zero attached hydrogens (tertiary/aromatic N) is 1. The smallest absolute Gasteiger partial charge is 0.0515 e. The highest BCUT2D eigenvalue weighted by Gasteiger charge is 1.97. The fourth-order valence-corrected chi connectivity index (χ4v) is 1.13. The molecule has 66 valence electrons. The highest BCUT2D eigenvalue weighted by molar-refractivity contribution is 5.16. The molecule has 0 aliphatic rings. The van der Waals surface area contributed by atoms with E-state index < -0.39 is 0 Å². The second kappa shape index (κ2) is 4.21. The third-order valence-corrected chi connectivity index (χ3v) is 1.78. The third kappa shape index (κ3) is 3.01. The zero-order chi connectivity index (χ0) is 8.97. The molecule has 2 heteroatoms. The minimum absolute atomic E-state index is 0.217. The molecule has 1 rings (SSSR count). The largest absolute Gasteiger partial charge is 0.393 e. The molecular weight excluding hydrogens is 150 g/mol. The van der Waals surface area contributed by atoms with Crippen LogP contribution in [0.15, 0.2) is 18.5 Å². The lowest BCUT2D eigenvalue weighted by Crippen LogP contribution is -2.01. The molecule has 1 N–H and O–H groups in total. The minimum Gasteiger partial charge on any atom is -0.393 e. The van der Waals surface area contributed by atoms with Crippen LogP contribution in [-0.2, 0) is 6.42 Å². The molecule has 0 unspecified atom stereocenters. The zero-order valence-electron chi connectivity index (χ0n) is 7.62. The highest BCUT2D eigenvalue weighted by atomic mass is 16.3. The van der Waals surface area contributed by atoms with Gasteiger partial charge in [-0.15, -0.1) is 0 Å². The van der Waals surface area contributed by atoms with Gasteiger partial charge >= 0.3 is 0 Å². The van der Waals surface area contributed by atoms with Crippen LogP contribution in [0.5, 0.6) is 0 Å². The monoisotopic (exact) mass is 165 g/mol. The molecule has 0 aliphatic carbocycles. The topological polar surface area (TPSA) is 33.1 Å². The normalized spacial score (nSPS) is 12.9. The van der Waals surface area contributed by atoms with Crippen LogP contribution >= 0.6 is 0 Å². The van der Waals surface area contributed by atoms with Crippen molar-refractivity contribution in [2.75, 3.05) is 0 Å². The van der Waals surface area contributed by atoms with Crippen molar-refractivity contribution in [2.24, 2.45) is 0 Å². The first-order chi connectivity index (χ1) is 5.68. The molecule has 1 aromatic heterocycles. The van der Waals surface area contributed by atoms with E-state index >= 15 is 0 Å². The second-order valence-corrected chi connectivity index (χ2v) is 3.26. The highest BCUT2D eigenvalue weighted by Crippen LogP contribution is 2.05. The summed E-state index contributed by atoms with van der Waals surface area (Å²) in [7, 11) is 0. The van der Waals surface area contributed by atoms with E-state index in [4.69, 9.17) is 5.11 Å². The molecule has 0 amide bonds. The van der Waals surface area contributed by atoms with Gasteiger partial charge in [0.05, 0.1) is 6.10 Å². The number of aryl methyl sites for hydroxylation is 2. The maximum absolute atomic E-state index is 9.06. The average Bonchev–Trinajstić information content (AvgIpc) is 2.01. The lowest BCUT2D eigenvalue weighted by atomic mass is 10.1. The lowest BCUT2D eigenvalue weighted by molar-refractivity contribution is 0.185. The average molecular weight is 165 g/mol. The zero-order valence-corrected chi connectivity index (χ0v) is 7.62. The standard InChI is InChI=1S/C10H15NO/c1-8-5-10(7-11-6-8)4-3-9(2)12/h5-7,9,12H,3-4H2,1-2H3/t9-/m0/s1. The van der Waals surface area contributed by atoms with E-state index in [0.29, 0.717) is 0 Å². The Morgan fingerprint density at radius 2 is 2.25 bits per heavy atom. The summed E-state index contributed by atoms with van der Waals surface area (Å²) in [6.45, 7) is 3.84. The summed E-state index contributed by atoms with van der Waals surface area (Å²) in [5.74, 6) is 0. The van der Waals surface area contributed by atoms with Crippen molar-refractivity contribution in [3.05, 3.63) is 29.6 Å². The number of hydrogen-bond donors (Lipinski definition) is 1. The van der Waals surface area contributed by atoms with Crippen molar-refractivity contribution >= 4 is 0 Å². The van der Waals surface area contributed by atoms with Crippen molar-refractivity contribution in [2.45, 2.75) is 32.8 Å². The molecule has 1 atom stereocenters. The van der Waals surface area contributed by atoms with E-state index in [-0.39, 0.29) is 6.10 Å². The summed E-state index contributed by atoms with van der Waals surface area (Å²) >= 11 is 0. The number of aliphatic hydroxyl groups is 1. The van der Waals surface area contributed by atoms with Crippen LogP contribution in [0, 0.1) is 6.92 Å². The number of pyridine rings is 1. The van der Waals surface area contributed by atoms with Crippen molar-refractivity contribution in [1.82, 2.24) is 4.98 Å². The molecule has 1 aromatic rings. The predicted molar refractivity (Wildman–Crippen MR) is 49.0 cm³/mol. The molecule has 1 heterocycles. The van der Waals surface area contributed by atoms with Crippen molar-refractivity contribution < 1.29 is 5.11 Å². The molecule has 0 radical (unpaired) electrons. The molecule has 0 aliphatic heterocycles. The Bertz CT molecular complexity index is 245. The van der Waals surface area contributed by atoms with Gasteiger partial charge in [-0.25, -0.2) is 0 Å². The summed E-state index contributed by atoms with van der Waals surface area (Å²) < 4.78 is 0. The number of aromatic nitrogens is 1. The van der Waals surface area contributed by atoms with Gasteiger partial charge in [-0.05, 0) is 37.8 Å². The maximum atomic E-state index is 9.06. The lowest BCUT2D eigenvalue weighted by Gasteiger charge is -2.03. The molecule has 0 saturated heterocycles. The van der Waals surface area contributed by atoms with Crippen molar-refractivity contribution in [3.63, 3.8) is 0 Å². The van der Waals surface area contributed by atoms with Crippen LogP contribution in [0.3, 0.4) is 0 Å². The van der Waals surface area contributed by atoms with Gasteiger partial charge < -0.3 is 5.11 Å². The fourth-order valence-electron chi connectivity index (χ4n) is 1.13. The van der Waals surface area contributed by atoms with E-state index in [0.717, 1.165) is 12.8 Å². The molecular formula is C10H15NO. The molecule has 0 saturated carbocycles. The van der Waals surface area contributed by atoms with Gasteiger partial charge in [0.1, 0.15) is 0 Å². The van der Waals surface area contributed by atoms with Gasteiger partial charge in [0.2, 0.25) is 0 Å². The van der Waals surface area contributed by atoms with E-state index in [2.05, 4.69) is 11.1 Å². The minimum atomic E-state index is -0.217. The van der Waals surface area contributed by atoms with E-state index in [9.17, 15) is 0 Å². The Balaban J connectivity index is 2.52. The molecule has 12 heavy (non-hydrogen) atoms. The summed E-state index contributed by atoms with van der Waals surface area (Å²) in [6, 6.07) is 2.11. The van der Waals surface area contributed by atoms with Gasteiger partial charge in [0.25, 0.3) is 0 Å². The summed E-state index contributed by atoms with van der Waals surface area (Å²) in [5.41, 5.74) is 2.38. The second-order valence-electron chi connectivity index (χ2n) is 3.26. The van der Waals surface area contributed by atoms with Gasteiger partial charge in [-0.3, -0.25) is 4.98 Å². The predicted octanol–water partition coefficient (Wildman–Crippen LogP) is 1.70. The van der Waals surface area contributed by atoms with E-state index in [1.165, 1.54) is 11.1 Å². The summed E-state index contributed by atoms with van der Waals surface area (Å²) in [5, 5.41) is 9.06. The third-order valence-electron chi connectivity index (χ3n) is 1.78. The maximum Gasteiger partial charge on any atom is 0.0515 e. The number of aliphatic hydroxyl groups excluding tert-OH is 1. The Morgan fingerprint density at radius 1 is 1.50 bits per heavy atom. The van der Waals surface area contributed by atoms with Crippen LogP contribution < -0.4 is 0 Å². The van der Waals surface area contributed by atoms with Crippen LogP contribution in [0.4, 0.5) is 0 Å². The molecule has 0 fully saturated rings. The number of hydrogen-bond acceptors (Lipinski definition) is 2. The quantitative estimate of drug-likeness (QED) is 0.739. The van der Waals surface area contributed by atoms with Crippen LogP contribution in [0.25, 0.3) is 0 Å². The van der Waals surface area contributed by atoms with E-state index in [1.807, 2.05) is 26.2 Å². The molecule has 0 aromatic carbocycles. The Hall–Kier alpha value is -0.890. The first-order valence-corrected chi connectivity index (χ1v) is 4.27. The SMILES string of the molecule is Cc1cncc(CC[C@H](C)O)c1. The van der Waals surface area contributed by atoms with E-state index in [1.54, 1.807) is 0 Å². The number of rotatable bonds is 3. The summed E-state index contributed by atoms with van der Waals surface area (Å²) in [6.07, 6.45) is 5.20. The van der Waals surface area contributed by atoms with Gasteiger partial charge in [0, 0.05) is 12.4 Å².